The summed E-state index contributed by atoms with van der Waals surface area (Å²) in [6.07, 6.45) is 5.28. The summed E-state index contributed by atoms with van der Waals surface area (Å²) in [5.41, 5.74) is 1.06. The van der Waals surface area contributed by atoms with Crippen LogP contribution in [0.1, 0.15) is 18.5 Å². The summed E-state index contributed by atoms with van der Waals surface area (Å²) in [4.78, 5) is 0. The Kier molecular flexibility index (Phi) is 3.90. The van der Waals surface area contributed by atoms with Gasteiger partial charge in [0.1, 0.15) is 0 Å². The van der Waals surface area contributed by atoms with Crippen molar-refractivity contribution in [1.82, 2.24) is 20.3 Å². The van der Waals surface area contributed by atoms with Crippen LogP contribution in [0.5, 0.6) is 0 Å². The zero-order chi connectivity index (χ0) is 11.4. The molecule has 1 aromatic heterocycles. The first-order chi connectivity index (χ1) is 7.78. The SMILES string of the molecule is CNC(Cc1cn(C)nn1)CC1CCOC1. The van der Waals surface area contributed by atoms with Gasteiger partial charge in [0, 0.05) is 38.9 Å². The maximum atomic E-state index is 5.40. The van der Waals surface area contributed by atoms with Gasteiger partial charge in [0.25, 0.3) is 0 Å². The normalized spacial score (nSPS) is 22.5. The number of aryl methyl sites for hydroxylation is 1. The summed E-state index contributed by atoms with van der Waals surface area (Å²) in [7, 11) is 3.91. The highest BCUT2D eigenvalue weighted by Gasteiger charge is 2.20. The molecule has 1 aliphatic rings. The molecule has 0 saturated carbocycles. The molecule has 16 heavy (non-hydrogen) atoms. The Bertz CT molecular complexity index is 320. The molecule has 0 aliphatic carbocycles. The van der Waals surface area contributed by atoms with Crippen molar-refractivity contribution in [3.63, 3.8) is 0 Å². The molecule has 1 aromatic rings. The third-order valence-electron chi connectivity index (χ3n) is 3.16. The highest BCUT2D eigenvalue weighted by atomic mass is 16.5. The fraction of sp³-hybridized carbons (Fsp3) is 0.818. The van der Waals surface area contributed by atoms with Gasteiger partial charge in [-0.1, -0.05) is 5.21 Å². The molecule has 0 radical (unpaired) electrons. The summed E-state index contributed by atoms with van der Waals surface area (Å²) in [5.74, 6) is 0.703. The maximum Gasteiger partial charge on any atom is 0.0842 e. The molecule has 0 bridgehead atoms. The minimum Gasteiger partial charge on any atom is -0.381 e. The van der Waals surface area contributed by atoms with E-state index in [0.717, 1.165) is 31.7 Å². The first kappa shape index (κ1) is 11.5. The quantitative estimate of drug-likeness (QED) is 0.785. The van der Waals surface area contributed by atoms with Crippen LogP contribution in [0, 0.1) is 5.92 Å². The Morgan fingerprint density at radius 3 is 3.12 bits per heavy atom. The van der Waals surface area contributed by atoms with Gasteiger partial charge in [-0.15, -0.1) is 5.10 Å². The summed E-state index contributed by atoms with van der Waals surface area (Å²) in [6.45, 7) is 1.84. The van der Waals surface area contributed by atoms with Crippen LogP contribution >= 0.6 is 0 Å². The largest absolute Gasteiger partial charge is 0.381 e. The van der Waals surface area contributed by atoms with Crippen LogP contribution in [-0.4, -0.2) is 41.3 Å². The molecule has 2 rings (SSSR count). The molecule has 5 heteroatoms. The van der Waals surface area contributed by atoms with Crippen molar-refractivity contribution in [2.45, 2.75) is 25.3 Å². The average molecular weight is 224 g/mol. The number of nitrogens with zero attached hydrogens (tertiary/aromatic N) is 3. The molecule has 0 spiro atoms. The van der Waals surface area contributed by atoms with Gasteiger partial charge >= 0.3 is 0 Å². The number of nitrogens with one attached hydrogen (secondary N) is 1. The highest BCUT2D eigenvalue weighted by molar-refractivity contribution is 4.96. The van der Waals surface area contributed by atoms with E-state index in [4.69, 9.17) is 4.74 Å². The van der Waals surface area contributed by atoms with E-state index in [9.17, 15) is 0 Å². The van der Waals surface area contributed by atoms with Crippen molar-refractivity contribution in [2.24, 2.45) is 13.0 Å². The molecular weight excluding hydrogens is 204 g/mol. The van der Waals surface area contributed by atoms with E-state index in [-0.39, 0.29) is 0 Å². The van der Waals surface area contributed by atoms with Gasteiger partial charge in [-0.2, -0.15) is 0 Å². The molecule has 90 valence electrons. The van der Waals surface area contributed by atoms with Crippen LogP contribution in [-0.2, 0) is 18.2 Å². The van der Waals surface area contributed by atoms with Crippen LogP contribution in [0.3, 0.4) is 0 Å². The van der Waals surface area contributed by atoms with E-state index in [0.29, 0.717) is 12.0 Å². The molecule has 5 nitrogen and oxygen atoms in total. The molecule has 0 aromatic carbocycles. The van der Waals surface area contributed by atoms with Gasteiger partial charge in [-0.3, -0.25) is 4.68 Å². The van der Waals surface area contributed by atoms with E-state index in [1.165, 1.54) is 6.42 Å². The summed E-state index contributed by atoms with van der Waals surface area (Å²) >= 11 is 0. The predicted molar refractivity (Wildman–Crippen MR) is 61.1 cm³/mol. The minimum absolute atomic E-state index is 0.475. The summed E-state index contributed by atoms with van der Waals surface area (Å²) < 4.78 is 7.15. The van der Waals surface area contributed by atoms with Crippen LogP contribution in [0.15, 0.2) is 6.20 Å². The smallest absolute Gasteiger partial charge is 0.0842 e. The van der Waals surface area contributed by atoms with E-state index in [1.807, 2.05) is 20.3 Å². The molecular formula is C11H20N4O. The second-order valence-corrected chi connectivity index (χ2v) is 4.54. The van der Waals surface area contributed by atoms with E-state index < -0.39 is 0 Å². The van der Waals surface area contributed by atoms with Crippen molar-refractivity contribution in [3.8, 4) is 0 Å². The lowest BCUT2D eigenvalue weighted by atomic mass is 9.96. The highest BCUT2D eigenvalue weighted by Crippen LogP contribution is 2.19. The number of hydrogen-bond acceptors (Lipinski definition) is 4. The number of rotatable bonds is 5. The number of aromatic nitrogens is 3. The standard InChI is InChI=1S/C11H20N4O/c1-12-10(5-9-3-4-16-8-9)6-11-7-15(2)14-13-11/h7,9-10,12H,3-6,8H2,1-2H3. The van der Waals surface area contributed by atoms with Crippen molar-refractivity contribution in [3.05, 3.63) is 11.9 Å². The summed E-state index contributed by atoms with van der Waals surface area (Å²) in [6, 6.07) is 0.475. The second-order valence-electron chi connectivity index (χ2n) is 4.54. The zero-order valence-electron chi connectivity index (χ0n) is 10.0. The van der Waals surface area contributed by atoms with Gasteiger partial charge < -0.3 is 10.1 Å². The molecule has 1 N–H and O–H groups in total. The van der Waals surface area contributed by atoms with Crippen LogP contribution in [0.4, 0.5) is 0 Å². The Balaban J connectivity index is 1.84. The fourth-order valence-corrected chi connectivity index (χ4v) is 2.22. The van der Waals surface area contributed by atoms with Gasteiger partial charge in [-0.25, -0.2) is 0 Å². The molecule has 0 amide bonds. The first-order valence-corrected chi connectivity index (χ1v) is 5.88. The van der Waals surface area contributed by atoms with Crippen molar-refractivity contribution >= 4 is 0 Å². The minimum atomic E-state index is 0.475. The van der Waals surface area contributed by atoms with Gasteiger partial charge in [0.2, 0.25) is 0 Å². The monoisotopic (exact) mass is 224 g/mol. The topological polar surface area (TPSA) is 52.0 Å². The Labute approximate surface area is 96.2 Å². The lowest BCUT2D eigenvalue weighted by molar-refractivity contribution is 0.181. The van der Waals surface area contributed by atoms with Crippen molar-refractivity contribution < 1.29 is 4.74 Å². The molecule has 2 unspecified atom stereocenters. The molecule has 2 atom stereocenters. The van der Waals surface area contributed by atoms with Crippen molar-refractivity contribution in [2.75, 3.05) is 20.3 Å². The number of hydrogen-bond donors (Lipinski definition) is 1. The first-order valence-electron chi connectivity index (χ1n) is 5.88. The van der Waals surface area contributed by atoms with Crippen molar-refractivity contribution in [1.29, 1.82) is 0 Å². The Morgan fingerprint density at radius 1 is 1.69 bits per heavy atom. The molecule has 1 saturated heterocycles. The lowest BCUT2D eigenvalue weighted by Crippen LogP contribution is -2.30. The van der Waals surface area contributed by atoms with E-state index >= 15 is 0 Å². The predicted octanol–water partition coefficient (Wildman–Crippen LogP) is 0.372. The van der Waals surface area contributed by atoms with Crippen LogP contribution < -0.4 is 5.32 Å². The second kappa shape index (κ2) is 5.41. The molecule has 1 aliphatic heterocycles. The van der Waals surface area contributed by atoms with Gasteiger partial charge in [0.05, 0.1) is 5.69 Å². The Morgan fingerprint density at radius 2 is 2.56 bits per heavy atom. The van der Waals surface area contributed by atoms with E-state index in [2.05, 4.69) is 15.6 Å². The van der Waals surface area contributed by atoms with Crippen LogP contribution in [0.2, 0.25) is 0 Å². The summed E-state index contributed by atoms with van der Waals surface area (Å²) in [5, 5.41) is 11.4. The maximum absolute atomic E-state index is 5.40. The zero-order valence-corrected chi connectivity index (χ0v) is 10.0. The van der Waals surface area contributed by atoms with Gasteiger partial charge in [0.15, 0.2) is 0 Å². The van der Waals surface area contributed by atoms with Gasteiger partial charge in [-0.05, 0) is 25.8 Å². The Hall–Kier alpha value is -0.940. The lowest BCUT2D eigenvalue weighted by Gasteiger charge is -2.17. The fourth-order valence-electron chi connectivity index (χ4n) is 2.22. The molecule has 1 fully saturated rings. The third kappa shape index (κ3) is 3.02. The number of ether oxygens (including phenoxy) is 1. The van der Waals surface area contributed by atoms with Crippen LogP contribution in [0.25, 0.3) is 0 Å². The third-order valence-corrected chi connectivity index (χ3v) is 3.16. The number of likely N-dealkylation sites (N-methyl/N-ethyl adjacent to an activating group) is 1. The molecule has 2 heterocycles. The van der Waals surface area contributed by atoms with E-state index in [1.54, 1.807) is 4.68 Å². The average Bonchev–Trinajstić information content (AvgIpc) is 2.89.